The molecule has 0 bridgehead atoms. The summed E-state index contributed by atoms with van der Waals surface area (Å²) in [5.74, 6) is 0.772. The van der Waals surface area contributed by atoms with E-state index in [-0.39, 0.29) is 6.04 Å². The summed E-state index contributed by atoms with van der Waals surface area (Å²) in [4.78, 5) is 2.36. The number of unbranched alkanes of at least 4 members (excludes halogenated alkanes) is 1. The van der Waals surface area contributed by atoms with E-state index in [4.69, 9.17) is 5.26 Å². The first-order valence-corrected chi connectivity index (χ1v) is 6.66. The molecular weight excluding hydrogens is 198 g/mol. The molecule has 1 rings (SSSR count). The summed E-state index contributed by atoms with van der Waals surface area (Å²) in [5.41, 5.74) is 0. The molecule has 0 spiro atoms. The monoisotopic (exact) mass is 223 g/mol. The van der Waals surface area contributed by atoms with Gasteiger partial charge < -0.3 is 5.32 Å². The first-order valence-electron chi connectivity index (χ1n) is 6.66. The SMILES string of the molecule is CCCCC(CC)CN1CCNCC1C#N. The molecule has 1 fully saturated rings. The van der Waals surface area contributed by atoms with Crippen LogP contribution in [0.1, 0.15) is 39.5 Å². The maximum atomic E-state index is 9.09. The molecular formula is C13H25N3. The zero-order chi connectivity index (χ0) is 11.8. The van der Waals surface area contributed by atoms with Crippen LogP contribution >= 0.6 is 0 Å². The third-order valence-corrected chi connectivity index (χ3v) is 3.54. The van der Waals surface area contributed by atoms with Gasteiger partial charge in [0.1, 0.15) is 6.04 Å². The van der Waals surface area contributed by atoms with Crippen LogP contribution in [0.5, 0.6) is 0 Å². The predicted octanol–water partition coefficient (Wildman–Crippen LogP) is 2.00. The Morgan fingerprint density at radius 3 is 2.94 bits per heavy atom. The van der Waals surface area contributed by atoms with Crippen LogP contribution in [0, 0.1) is 17.2 Å². The molecule has 1 saturated heterocycles. The molecule has 92 valence electrons. The van der Waals surface area contributed by atoms with Gasteiger partial charge in [-0.1, -0.05) is 33.1 Å². The minimum absolute atomic E-state index is 0.0874. The molecule has 0 aliphatic carbocycles. The van der Waals surface area contributed by atoms with Gasteiger partial charge in [-0.3, -0.25) is 4.90 Å². The van der Waals surface area contributed by atoms with Gasteiger partial charge >= 0.3 is 0 Å². The van der Waals surface area contributed by atoms with Crippen LogP contribution in [0.25, 0.3) is 0 Å². The summed E-state index contributed by atoms with van der Waals surface area (Å²) in [5, 5.41) is 12.4. The fraction of sp³-hybridized carbons (Fsp3) is 0.923. The van der Waals surface area contributed by atoms with Crippen molar-refractivity contribution in [2.24, 2.45) is 5.92 Å². The van der Waals surface area contributed by atoms with Crippen LogP contribution in [0.15, 0.2) is 0 Å². The maximum absolute atomic E-state index is 9.09. The van der Waals surface area contributed by atoms with Gasteiger partial charge in [-0.25, -0.2) is 0 Å². The zero-order valence-electron chi connectivity index (χ0n) is 10.7. The van der Waals surface area contributed by atoms with Crippen molar-refractivity contribution in [3.05, 3.63) is 0 Å². The fourth-order valence-corrected chi connectivity index (χ4v) is 2.34. The highest BCUT2D eigenvalue weighted by Crippen LogP contribution is 2.16. The van der Waals surface area contributed by atoms with Gasteiger partial charge in [-0.05, 0) is 12.3 Å². The number of piperazine rings is 1. The van der Waals surface area contributed by atoms with Gasteiger partial charge in [0.2, 0.25) is 0 Å². The Morgan fingerprint density at radius 2 is 2.31 bits per heavy atom. The molecule has 1 heterocycles. The Bertz CT molecular complexity index is 222. The van der Waals surface area contributed by atoms with Crippen molar-refractivity contribution >= 4 is 0 Å². The first-order chi connectivity index (χ1) is 7.81. The summed E-state index contributed by atoms with van der Waals surface area (Å²) in [7, 11) is 0. The molecule has 1 N–H and O–H groups in total. The molecule has 2 unspecified atom stereocenters. The maximum Gasteiger partial charge on any atom is 0.110 e. The lowest BCUT2D eigenvalue weighted by molar-refractivity contribution is 0.161. The molecule has 3 heteroatoms. The second-order valence-corrected chi connectivity index (χ2v) is 4.76. The van der Waals surface area contributed by atoms with Gasteiger partial charge in [-0.2, -0.15) is 5.26 Å². The van der Waals surface area contributed by atoms with Crippen LogP contribution in [0.4, 0.5) is 0 Å². The van der Waals surface area contributed by atoms with Crippen LogP contribution < -0.4 is 5.32 Å². The van der Waals surface area contributed by atoms with E-state index < -0.39 is 0 Å². The Hall–Kier alpha value is -0.590. The van der Waals surface area contributed by atoms with E-state index in [0.717, 1.165) is 32.1 Å². The minimum Gasteiger partial charge on any atom is -0.313 e. The second kappa shape index (κ2) is 7.65. The molecule has 0 saturated carbocycles. The van der Waals surface area contributed by atoms with Crippen molar-refractivity contribution in [3.63, 3.8) is 0 Å². The van der Waals surface area contributed by atoms with Gasteiger partial charge in [0.15, 0.2) is 0 Å². The lowest BCUT2D eigenvalue weighted by Gasteiger charge is -2.34. The Balaban J connectivity index is 2.39. The predicted molar refractivity (Wildman–Crippen MR) is 67.1 cm³/mol. The van der Waals surface area contributed by atoms with E-state index in [0.29, 0.717) is 0 Å². The molecule has 1 aliphatic rings. The fourth-order valence-electron chi connectivity index (χ4n) is 2.34. The number of hydrogen-bond acceptors (Lipinski definition) is 3. The van der Waals surface area contributed by atoms with E-state index in [1.165, 1.54) is 25.7 Å². The number of nitriles is 1. The van der Waals surface area contributed by atoms with Crippen LogP contribution in [0.2, 0.25) is 0 Å². The Morgan fingerprint density at radius 1 is 1.50 bits per heavy atom. The molecule has 0 aromatic heterocycles. The van der Waals surface area contributed by atoms with Crippen LogP contribution in [-0.4, -0.2) is 37.1 Å². The Labute approximate surface area is 99.8 Å². The molecule has 1 aliphatic heterocycles. The van der Waals surface area contributed by atoms with Crippen molar-refractivity contribution in [2.45, 2.75) is 45.6 Å². The molecule has 0 amide bonds. The summed E-state index contributed by atoms with van der Waals surface area (Å²) in [6.07, 6.45) is 5.15. The second-order valence-electron chi connectivity index (χ2n) is 4.76. The van der Waals surface area contributed by atoms with Crippen molar-refractivity contribution in [2.75, 3.05) is 26.2 Å². The van der Waals surface area contributed by atoms with E-state index in [2.05, 4.69) is 30.1 Å². The molecule has 0 radical (unpaired) electrons. The van der Waals surface area contributed by atoms with Gasteiger partial charge in [-0.15, -0.1) is 0 Å². The highest BCUT2D eigenvalue weighted by atomic mass is 15.2. The molecule has 16 heavy (non-hydrogen) atoms. The molecule has 3 nitrogen and oxygen atoms in total. The average Bonchev–Trinajstić information content (AvgIpc) is 2.34. The number of nitrogens with zero attached hydrogens (tertiary/aromatic N) is 2. The molecule has 0 aromatic carbocycles. The van der Waals surface area contributed by atoms with Crippen LogP contribution in [0.3, 0.4) is 0 Å². The Kier molecular flexibility index (Phi) is 6.44. The van der Waals surface area contributed by atoms with Crippen molar-refractivity contribution in [1.82, 2.24) is 10.2 Å². The quantitative estimate of drug-likeness (QED) is 0.748. The van der Waals surface area contributed by atoms with E-state index in [1.54, 1.807) is 0 Å². The first kappa shape index (κ1) is 13.5. The molecule has 2 atom stereocenters. The average molecular weight is 223 g/mol. The topological polar surface area (TPSA) is 39.1 Å². The highest BCUT2D eigenvalue weighted by Gasteiger charge is 2.23. The summed E-state index contributed by atoms with van der Waals surface area (Å²) < 4.78 is 0. The van der Waals surface area contributed by atoms with Crippen molar-refractivity contribution < 1.29 is 0 Å². The normalized spacial score (nSPS) is 23.9. The highest BCUT2D eigenvalue weighted by molar-refractivity contribution is 4.96. The number of hydrogen-bond donors (Lipinski definition) is 1. The lowest BCUT2D eigenvalue weighted by Crippen LogP contribution is -2.51. The van der Waals surface area contributed by atoms with Crippen molar-refractivity contribution in [1.29, 1.82) is 5.26 Å². The lowest BCUT2D eigenvalue weighted by atomic mass is 9.97. The minimum atomic E-state index is 0.0874. The van der Waals surface area contributed by atoms with Crippen molar-refractivity contribution in [3.8, 4) is 6.07 Å². The van der Waals surface area contributed by atoms with E-state index in [1.807, 2.05) is 0 Å². The standard InChI is InChI=1S/C13H25N3/c1-3-5-6-12(4-2)11-16-8-7-15-10-13(16)9-14/h12-13,15H,3-8,10-11H2,1-2H3. The smallest absolute Gasteiger partial charge is 0.110 e. The third-order valence-electron chi connectivity index (χ3n) is 3.54. The number of rotatable bonds is 6. The van der Waals surface area contributed by atoms with Crippen LogP contribution in [-0.2, 0) is 0 Å². The summed E-state index contributed by atoms with van der Waals surface area (Å²) in [6.45, 7) is 8.51. The third kappa shape index (κ3) is 4.11. The molecule has 0 aromatic rings. The largest absolute Gasteiger partial charge is 0.313 e. The van der Waals surface area contributed by atoms with Gasteiger partial charge in [0.25, 0.3) is 0 Å². The van der Waals surface area contributed by atoms with E-state index in [9.17, 15) is 0 Å². The number of nitrogens with one attached hydrogen (secondary N) is 1. The van der Waals surface area contributed by atoms with Gasteiger partial charge in [0, 0.05) is 26.2 Å². The zero-order valence-corrected chi connectivity index (χ0v) is 10.7. The summed E-state index contributed by atoms with van der Waals surface area (Å²) >= 11 is 0. The summed E-state index contributed by atoms with van der Waals surface area (Å²) in [6, 6.07) is 2.49. The van der Waals surface area contributed by atoms with E-state index >= 15 is 0 Å². The van der Waals surface area contributed by atoms with Gasteiger partial charge in [0.05, 0.1) is 6.07 Å².